The van der Waals surface area contributed by atoms with Gasteiger partial charge in [0.1, 0.15) is 0 Å². The van der Waals surface area contributed by atoms with Crippen LogP contribution < -0.4 is 11.1 Å². The maximum atomic E-state index is 12.2. The van der Waals surface area contributed by atoms with Gasteiger partial charge in [0, 0.05) is 23.5 Å². The van der Waals surface area contributed by atoms with Crippen molar-refractivity contribution in [2.45, 2.75) is 13.0 Å². The number of nitrogens with one attached hydrogen (secondary N) is 1. The standard InChI is InChI=1S/C17H14N4O5/c1-10(16(22)20-12-4-2-11(9-18)3-5-12)26-17(23)14-8-13(21(24)25)6-7-15(14)19/h2-8,10H,19H2,1H3,(H,20,22). The number of nitrogen functional groups attached to an aromatic ring is 1. The average Bonchev–Trinajstić information content (AvgIpc) is 2.62. The van der Waals surface area contributed by atoms with E-state index < -0.39 is 22.9 Å². The minimum Gasteiger partial charge on any atom is -0.449 e. The summed E-state index contributed by atoms with van der Waals surface area (Å²) in [6, 6.07) is 11.4. The van der Waals surface area contributed by atoms with E-state index in [-0.39, 0.29) is 16.9 Å². The number of carbonyl (C=O) groups is 2. The van der Waals surface area contributed by atoms with Crippen molar-refractivity contribution < 1.29 is 19.2 Å². The van der Waals surface area contributed by atoms with E-state index in [9.17, 15) is 19.7 Å². The maximum absolute atomic E-state index is 12.2. The molecule has 1 unspecified atom stereocenters. The zero-order valence-electron chi connectivity index (χ0n) is 13.6. The van der Waals surface area contributed by atoms with Crippen molar-refractivity contribution in [1.29, 1.82) is 5.26 Å². The Hall–Kier alpha value is -3.93. The summed E-state index contributed by atoms with van der Waals surface area (Å²) in [5, 5.41) is 22.1. The Labute approximate surface area is 148 Å². The number of nitro benzene ring substituents is 1. The first-order valence-corrected chi connectivity index (χ1v) is 7.37. The fourth-order valence-electron chi connectivity index (χ4n) is 1.98. The Bertz CT molecular complexity index is 902. The van der Waals surface area contributed by atoms with Gasteiger partial charge in [0.15, 0.2) is 6.10 Å². The molecule has 1 atom stereocenters. The van der Waals surface area contributed by atoms with Gasteiger partial charge in [0.05, 0.1) is 22.1 Å². The first kappa shape index (κ1) is 18.4. The number of hydrogen-bond donors (Lipinski definition) is 2. The van der Waals surface area contributed by atoms with Crippen LogP contribution in [0.15, 0.2) is 42.5 Å². The minimum atomic E-state index is -1.17. The fourth-order valence-corrected chi connectivity index (χ4v) is 1.98. The van der Waals surface area contributed by atoms with Crippen LogP contribution in [0.1, 0.15) is 22.8 Å². The molecule has 0 saturated heterocycles. The number of nitro groups is 1. The van der Waals surface area contributed by atoms with Crippen molar-refractivity contribution in [3.63, 3.8) is 0 Å². The van der Waals surface area contributed by atoms with E-state index in [0.29, 0.717) is 11.3 Å². The van der Waals surface area contributed by atoms with Gasteiger partial charge in [-0.15, -0.1) is 0 Å². The van der Waals surface area contributed by atoms with Crippen LogP contribution in [-0.2, 0) is 9.53 Å². The van der Waals surface area contributed by atoms with Gasteiger partial charge in [-0.1, -0.05) is 0 Å². The molecule has 0 aliphatic rings. The lowest BCUT2D eigenvalue weighted by molar-refractivity contribution is -0.384. The van der Waals surface area contributed by atoms with E-state index in [1.807, 2.05) is 6.07 Å². The van der Waals surface area contributed by atoms with Crippen LogP contribution in [0.2, 0.25) is 0 Å². The molecule has 9 heteroatoms. The predicted octanol–water partition coefficient (Wildman–Crippen LogP) is 2.23. The normalized spacial score (nSPS) is 11.1. The molecule has 0 bridgehead atoms. The van der Waals surface area contributed by atoms with Gasteiger partial charge < -0.3 is 15.8 Å². The van der Waals surface area contributed by atoms with E-state index in [1.54, 1.807) is 0 Å². The van der Waals surface area contributed by atoms with Crippen LogP contribution in [-0.4, -0.2) is 22.9 Å². The van der Waals surface area contributed by atoms with Gasteiger partial charge >= 0.3 is 5.97 Å². The van der Waals surface area contributed by atoms with Gasteiger partial charge in [0.2, 0.25) is 0 Å². The van der Waals surface area contributed by atoms with Crippen LogP contribution in [0.25, 0.3) is 0 Å². The number of non-ortho nitro benzene ring substituents is 1. The Kier molecular flexibility index (Phi) is 5.49. The molecule has 2 aromatic rings. The molecule has 0 aliphatic heterocycles. The predicted molar refractivity (Wildman–Crippen MR) is 92.2 cm³/mol. The third-order valence-corrected chi connectivity index (χ3v) is 3.40. The topological polar surface area (TPSA) is 148 Å². The van der Waals surface area contributed by atoms with Crippen molar-refractivity contribution in [3.05, 3.63) is 63.7 Å². The Morgan fingerprint density at radius 3 is 2.50 bits per heavy atom. The van der Waals surface area contributed by atoms with Gasteiger partial charge in [-0.25, -0.2) is 4.79 Å². The number of esters is 1. The zero-order chi connectivity index (χ0) is 19.3. The largest absolute Gasteiger partial charge is 0.449 e. The number of nitrogens with two attached hydrogens (primary N) is 1. The van der Waals surface area contributed by atoms with Crippen LogP contribution in [0, 0.1) is 21.4 Å². The second-order valence-corrected chi connectivity index (χ2v) is 5.25. The summed E-state index contributed by atoms with van der Waals surface area (Å²) in [6.45, 7) is 1.35. The molecule has 2 rings (SSSR count). The van der Waals surface area contributed by atoms with Gasteiger partial charge in [-0.2, -0.15) is 5.26 Å². The van der Waals surface area contributed by atoms with Crippen molar-refractivity contribution >= 4 is 28.9 Å². The highest BCUT2D eigenvalue weighted by Gasteiger charge is 2.22. The highest BCUT2D eigenvalue weighted by atomic mass is 16.6. The SMILES string of the molecule is CC(OC(=O)c1cc([N+](=O)[O-])ccc1N)C(=O)Nc1ccc(C#N)cc1. The Balaban J connectivity index is 2.06. The molecule has 0 spiro atoms. The number of anilines is 2. The van der Waals surface area contributed by atoms with Crippen LogP contribution in [0.4, 0.5) is 17.1 Å². The Morgan fingerprint density at radius 1 is 1.27 bits per heavy atom. The van der Waals surface area contributed by atoms with E-state index in [4.69, 9.17) is 15.7 Å². The summed E-state index contributed by atoms with van der Waals surface area (Å²) < 4.78 is 5.02. The molecule has 26 heavy (non-hydrogen) atoms. The quantitative estimate of drug-likeness (QED) is 0.362. The monoisotopic (exact) mass is 354 g/mol. The van der Waals surface area contributed by atoms with Crippen molar-refractivity contribution in [3.8, 4) is 6.07 Å². The number of nitriles is 1. The number of benzene rings is 2. The summed E-state index contributed by atoms with van der Waals surface area (Å²) in [5.41, 5.74) is 5.98. The smallest absolute Gasteiger partial charge is 0.341 e. The van der Waals surface area contributed by atoms with Gasteiger partial charge in [-0.3, -0.25) is 14.9 Å². The number of rotatable bonds is 5. The lowest BCUT2D eigenvalue weighted by Crippen LogP contribution is -2.30. The average molecular weight is 354 g/mol. The first-order valence-electron chi connectivity index (χ1n) is 7.37. The molecule has 0 aliphatic carbocycles. The third kappa shape index (κ3) is 4.33. The second-order valence-electron chi connectivity index (χ2n) is 5.25. The minimum absolute atomic E-state index is 0.000278. The molecule has 3 N–H and O–H groups in total. The molecule has 0 saturated carbocycles. The first-order chi connectivity index (χ1) is 12.3. The molecule has 0 fully saturated rings. The summed E-state index contributed by atoms with van der Waals surface area (Å²) >= 11 is 0. The summed E-state index contributed by atoms with van der Waals surface area (Å²) in [4.78, 5) is 34.4. The third-order valence-electron chi connectivity index (χ3n) is 3.40. The van der Waals surface area contributed by atoms with E-state index >= 15 is 0 Å². The molecule has 132 valence electrons. The molecular formula is C17H14N4O5. The lowest BCUT2D eigenvalue weighted by Gasteiger charge is -2.14. The second kappa shape index (κ2) is 7.76. The summed E-state index contributed by atoms with van der Waals surface area (Å²) in [6.07, 6.45) is -1.17. The lowest BCUT2D eigenvalue weighted by atomic mass is 10.1. The van der Waals surface area contributed by atoms with Gasteiger partial charge in [-0.05, 0) is 37.3 Å². The maximum Gasteiger partial charge on any atom is 0.341 e. The molecule has 0 aromatic heterocycles. The van der Waals surface area contributed by atoms with Crippen LogP contribution in [0.5, 0.6) is 0 Å². The highest BCUT2D eigenvalue weighted by molar-refractivity contribution is 5.99. The number of carbonyl (C=O) groups excluding carboxylic acids is 2. The number of ether oxygens (including phenoxy) is 1. The molecule has 0 radical (unpaired) electrons. The van der Waals surface area contributed by atoms with Crippen molar-refractivity contribution in [2.24, 2.45) is 0 Å². The van der Waals surface area contributed by atoms with Gasteiger partial charge in [0.25, 0.3) is 11.6 Å². The molecule has 1 amide bonds. The number of nitrogens with zero attached hydrogens (tertiary/aromatic N) is 2. The number of hydrogen-bond acceptors (Lipinski definition) is 7. The molecule has 2 aromatic carbocycles. The molecular weight excluding hydrogens is 340 g/mol. The van der Waals surface area contributed by atoms with Crippen LogP contribution in [0.3, 0.4) is 0 Å². The summed E-state index contributed by atoms with van der Waals surface area (Å²) in [7, 11) is 0. The fraction of sp³-hybridized carbons (Fsp3) is 0.118. The summed E-state index contributed by atoms with van der Waals surface area (Å²) in [5.74, 6) is -1.55. The van der Waals surface area contributed by atoms with Crippen molar-refractivity contribution in [2.75, 3.05) is 11.1 Å². The number of amides is 1. The molecule has 9 nitrogen and oxygen atoms in total. The Morgan fingerprint density at radius 2 is 1.92 bits per heavy atom. The van der Waals surface area contributed by atoms with E-state index in [0.717, 1.165) is 12.1 Å². The molecule has 0 heterocycles. The highest BCUT2D eigenvalue weighted by Crippen LogP contribution is 2.21. The zero-order valence-corrected chi connectivity index (χ0v) is 13.6. The van der Waals surface area contributed by atoms with E-state index in [2.05, 4.69) is 5.32 Å². The van der Waals surface area contributed by atoms with E-state index in [1.165, 1.54) is 37.3 Å². The van der Waals surface area contributed by atoms with Crippen molar-refractivity contribution in [1.82, 2.24) is 0 Å². The van der Waals surface area contributed by atoms with Crippen LogP contribution >= 0.6 is 0 Å².